The Morgan fingerprint density at radius 3 is 2.96 bits per heavy atom. The molecule has 0 N–H and O–H groups in total. The van der Waals surface area contributed by atoms with Crippen LogP contribution in [0.1, 0.15) is 29.9 Å². The highest BCUT2D eigenvalue weighted by Crippen LogP contribution is 2.30. The average molecular weight is 389 g/mol. The number of fused-ring (bicyclic) bond motifs is 1. The molecule has 0 aliphatic carbocycles. The zero-order valence-corrected chi connectivity index (χ0v) is 15.6. The number of benzene rings is 1. The molecule has 1 fully saturated rings. The number of amidine groups is 1. The monoisotopic (exact) mass is 389 g/mol. The molecule has 0 bridgehead atoms. The van der Waals surface area contributed by atoms with E-state index < -0.39 is 10.0 Å². The Kier molecular flexibility index (Phi) is 4.47. The predicted octanol–water partition coefficient (Wildman–Crippen LogP) is 1.89. The molecule has 4 rings (SSSR count). The van der Waals surface area contributed by atoms with Gasteiger partial charge in [-0.1, -0.05) is 17.3 Å². The summed E-state index contributed by atoms with van der Waals surface area (Å²) >= 11 is 0. The zero-order chi connectivity index (χ0) is 19.0. The number of hydrogen-bond acceptors (Lipinski definition) is 7. The number of aryl methyl sites for hydroxylation is 1. The molecule has 8 nitrogen and oxygen atoms in total. The second-order valence-electron chi connectivity index (χ2n) is 6.71. The smallest absolute Gasteiger partial charge is 0.311 e. The molecule has 0 amide bonds. The molecule has 3 heterocycles. The summed E-state index contributed by atoms with van der Waals surface area (Å²) in [4.78, 5) is 14.5. The molecular formula is C18H19N3O5S. The van der Waals surface area contributed by atoms with Crippen molar-refractivity contribution in [3.63, 3.8) is 0 Å². The molecule has 142 valence electrons. The van der Waals surface area contributed by atoms with Crippen LogP contribution >= 0.6 is 0 Å². The maximum atomic E-state index is 12.4. The van der Waals surface area contributed by atoms with Gasteiger partial charge in [-0.05, 0) is 31.9 Å². The molecule has 2 aliphatic heterocycles. The molecule has 2 aromatic rings. The Morgan fingerprint density at radius 2 is 2.19 bits per heavy atom. The van der Waals surface area contributed by atoms with E-state index in [0.29, 0.717) is 42.4 Å². The summed E-state index contributed by atoms with van der Waals surface area (Å²) in [7, 11) is -3.67. The fourth-order valence-electron chi connectivity index (χ4n) is 3.43. The molecule has 2 aliphatic rings. The van der Waals surface area contributed by atoms with Gasteiger partial charge in [0.1, 0.15) is 23.0 Å². The Labute approximate surface area is 156 Å². The summed E-state index contributed by atoms with van der Waals surface area (Å²) in [5, 5.41) is 3.80. The van der Waals surface area contributed by atoms with Crippen molar-refractivity contribution in [2.75, 3.05) is 13.1 Å². The number of esters is 1. The van der Waals surface area contributed by atoms with Crippen molar-refractivity contribution in [3.8, 4) is 0 Å². The Hall–Kier alpha value is -2.68. The van der Waals surface area contributed by atoms with Gasteiger partial charge in [0.05, 0.1) is 5.92 Å². The topological polar surface area (TPSA) is 102 Å². The van der Waals surface area contributed by atoms with Crippen LogP contribution in [0.2, 0.25) is 0 Å². The van der Waals surface area contributed by atoms with Gasteiger partial charge < -0.3 is 14.2 Å². The van der Waals surface area contributed by atoms with Gasteiger partial charge in [-0.15, -0.1) is 4.40 Å². The maximum Gasteiger partial charge on any atom is 0.311 e. The Bertz CT molecular complexity index is 1010. The fourth-order valence-corrected chi connectivity index (χ4v) is 4.65. The van der Waals surface area contributed by atoms with Gasteiger partial charge in [0.25, 0.3) is 10.0 Å². The lowest BCUT2D eigenvalue weighted by Crippen LogP contribution is -2.42. The van der Waals surface area contributed by atoms with Crippen LogP contribution in [0.5, 0.6) is 0 Å². The van der Waals surface area contributed by atoms with Crippen molar-refractivity contribution in [2.45, 2.75) is 31.3 Å². The van der Waals surface area contributed by atoms with Gasteiger partial charge in [-0.3, -0.25) is 4.79 Å². The molecule has 0 spiro atoms. The quantitative estimate of drug-likeness (QED) is 0.739. The number of carbonyl (C=O) groups excluding carboxylic acids is 1. The number of rotatable bonds is 3. The first-order chi connectivity index (χ1) is 12.9. The van der Waals surface area contributed by atoms with E-state index in [1.165, 1.54) is 0 Å². The number of hydrogen-bond donors (Lipinski definition) is 0. The highest BCUT2D eigenvalue weighted by Gasteiger charge is 2.35. The van der Waals surface area contributed by atoms with Gasteiger partial charge in [-0.25, -0.2) is 0 Å². The number of carbonyl (C=O) groups is 1. The third kappa shape index (κ3) is 3.46. The van der Waals surface area contributed by atoms with Crippen molar-refractivity contribution in [3.05, 3.63) is 47.3 Å². The van der Waals surface area contributed by atoms with Gasteiger partial charge in [0, 0.05) is 24.7 Å². The molecule has 1 atom stereocenters. The average Bonchev–Trinajstić information content (AvgIpc) is 3.21. The van der Waals surface area contributed by atoms with Crippen LogP contribution in [0, 0.1) is 12.8 Å². The standard InChI is InChI=1S/C18H19N3O5S/c1-12-9-14(19-26-12)11-25-18(22)13-5-4-8-21(10-13)17-15-6-2-3-7-16(15)27(23,24)20-17/h2-3,6-7,9,13H,4-5,8,10-11H2,1H3/t13-/m0/s1. The van der Waals surface area contributed by atoms with E-state index >= 15 is 0 Å². The molecule has 0 radical (unpaired) electrons. The van der Waals surface area contributed by atoms with Crippen molar-refractivity contribution in [1.82, 2.24) is 10.1 Å². The first-order valence-electron chi connectivity index (χ1n) is 8.72. The second-order valence-corrected chi connectivity index (χ2v) is 8.28. The van der Waals surface area contributed by atoms with Crippen LogP contribution in [0.3, 0.4) is 0 Å². The van der Waals surface area contributed by atoms with Crippen LogP contribution < -0.4 is 0 Å². The highest BCUT2D eigenvalue weighted by atomic mass is 32.2. The number of sulfonamides is 1. The predicted molar refractivity (Wildman–Crippen MR) is 95.5 cm³/mol. The molecule has 9 heteroatoms. The van der Waals surface area contributed by atoms with Crippen molar-refractivity contribution in [2.24, 2.45) is 10.3 Å². The fraction of sp³-hybridized carbons (Fsp3) is 0.389. The highest BCUT2D eigenvalue weighted by molar-refractivity contribution is 7.90. The van der Waals surface area contributed by atoms with E-state index in [2.05, 4.69) is 9.55 Å². The van der Waals surface area contributed by atoms with Crippen LogP contribution in [0.4, 0.5) is 0 Å². The van der Waals surface area contributed by atoms with Crippen molar-refractivity contribution >= 4 is 21.8 Å². The third-order valence-corrected chi connectivity index (χ3v) is 6.03. The maximum absolute atomic E-state index is 12.4. The van der Waals surface area contributed by atoms with Crippen LogP contribution in [-0.2, 0) is 26.2 Å². The molecule has 0 unspecified atom stereocenters. The van der Waals surface area contributed by atoms with Crippen molar-refractivity contribution < 1.29 is 22.5 Å². The number of piperidine rings is 1. The van der Waals surface area contributed by atoms with E-state index in [0.717, 1.165) is 6.42 Å². The molecule has 1 aromatic heterocycles. The van der Waals surface area contributed by atoms with E-state index in [1.54, 1.807) is 37.3 Å². The molecular weight excluding hydrogens is 370 g/mol. The first-order valence-corrected chi connectivity index (χ1v) is 10.2. The van der Waals surface area contributed by atoms with Gasteiger partial charge >= 0.3 is 5.97 Å². The normalized spacial score (nSPS) is 20.9. The summed E-state index contributed by atoms with van der Waals surface area (Å²) in [5.74, 6) is 0.402. The SMILES string of the molecule is Cc1cc(COC(=O)[C@H]2CCCN(C3=NS(=O)(=O)c4ccccc43)C2)no1. The summed E-state index contributed by atoms with van der Waals surface area (Å²) in [6, 6.07) is 8.47. The number of likely N-dealkylation sites (tertiary alicyclic amines) is 1. The van der Waals surface area contributed by atoms with Crippen molar-refractivity contribution in [1.29, 1.82) is 0 Å². The van der Waals surface area contributed by atoms with Crippen LogP contribution in [-0.4, -0.2) is 43.4 Å². The van der Waals surface area contributed by atoms with E-state index in [1.807, 2.05) is 4.90 Å². The minimum absolute atomic E-state index is 0.0603. The Morgan fingerprint density at radius 1 is 1.37 bits per heavy atom. The van der Waals surface area contributed by atoms with E-state index in [9.17, 15) is 13.2 Å². The number of aromatic nitrogens is 1. The summed E-state index contributed by atoms with van der Waals surface area (Å²) in [5.41, 5.74) is 1.15. The minimum Gasteiger partial charge on any atom is -0.459 e. The van der Waals surface area contributed by atoms with Gasteiger partial charge in [0.15, 0.2) is 5.84 Å². The molecule has 0 saturated carbocycles. The third-order valence-electron chi connectivity index (χ3n) is 4.71. The van der Waals surface area contributed by atoms with Gasteiger partial charge in [-0.2, -0.15) is 8.42 Å². The largest absolute Gasteiger partial charge is 0.459 e. The number of ether oxygens (including phenoxy) is 1. The molecule has 1 saturated heterocycles. The zero-order valence-electron chi connectivity index (χ0n) is 14.8. The van der Waals surface area contributed by atoms with Crippen LogP contribution in [0.15, 0.2) is 44.1 Å². The minimum atomic E-state index is -3.67. The summed E-state index contributed by atoms with van der Waals surface area (Å²) < 4.78 is 38.8. The lowest BCUT2D eigenvalue weighted by Gasteiger charge is -2.32. The van der Waals surface area contributed by atoms with Gasteiger partial charge in [0.2, 0.25) is 0 Å². The second kappa shape index (κ2) is 6.80. The van der Waals surface area contributed by atoms with Crippen LogP contribution in [0.25, 0.3) is 0 Å². The van der Waals surface area contributed by atoms with E-state index in [-0.39, 0.29) is 23.4 Å². The summed E-state index contributed by atoms with van der Waals surface area (Å²) in [6.45, 7) is 2.85. The lowest BCUT2D eigenvalue weighted by molar-refractivity contribution is -0.151. The number of nitrogens with zero attached hydrogens (tertiary/aromatic N) is 3. The Balaban J connectivity index is 1.46. The summed E-state index contributed by atoms with van der Waals surface area (Å²) in [6.07, 6.45) is 1.44. The molecule has 1 aromatic carbocycles. The van der Waals surface area contributed by atoms with E-state index in [4.69, 9.17) is 9.26 Å². The first kappa shape index (κ1) is 17.7. The molecule has 27 heavy (non-hydrogen) atoms. The lowest BCUT2D eigenvalue weighted by atomic mass is 9.97.